The molecule has 1 unspecified atom stereocenters. The van der Waals surface area contributed by atoms with E-state index in [2.05, 4.69) is 11.9 Å². The van der Waals surface area contributed by atoms with Crippen molar-refractivity contribution in [2.45, 2.75) is 19.3 Å². The fourth-order valence-corrected chi connectivity index (χ4v) is 1.35. The second-order valence-corrected chi connectivity index (χ2v) is 2.73. The van der Waals surface area contributed by atoms with Crippen LogP contribution in [-0.2, 0) is 4.79 Å². The minimum atomic E-state index is 0.291. The molecule has 1 saturated heterocycles. The zero-order valence-corrected chi connectivity index (χ0v) is 6.55. The number of carbonyl (C=O) groups excluding carboxylic acids is 1. The van der Waals surface area contributed by atoms with Crippen LogP contribution in [-0.4, -0.2) is 12.5 Å². The van der Waals surface area contributed by atoms with Crippen molar-refractivity contribution in [3.63, 3.8) is 0 Å². The first-order valence-corrected chi connectivity index (χ1v) is 3.92. The summed E-state index contributed by atoms with van der Waals surface area (Å²) in [6, 6.07) is 0. The molecule has 59 valence electrons. The normalized spacial score (nSPS) is 23.6. The van der Waals surface area contributed by atoms with E-state index in [0.29, 0.717) is 11.6 Å². The highest BCUT2D eigenvalue weighted by atomic mass is 16.1. The van der Waals surface area contributed by atoms with Gasteiger partial charge in [0.05, 0.1) is 0 Å². The third kappa shape index (κ3) is 1.95. The molecule has 2 heteroatoms. The van der Waals surface area contributed by atoms with Crippen molar-refractivity contribution in [1.82, 2.24) is 5.32 Å². The summed E-state index contributed by atoms with van der Waals surface area (Å²) in [6.45, 7) is 4.43. The molecule has 1 aliphatic heterocycles. The lowest BCUT2D eigenvalue weighted by molar-refractivity contribution is 0.441. The zero-order chi connectivity index (χ0) is 8.10. The van der Waals surface area contributed by atoms with Crippen LogP contribution in [0.2, 0.25) is 0 Å². The van der Waals surface area contributed by atoms with Crippen LogP contribution in [0, 0.1) is 5.92 Å². The molecule has 0 N–H and O–H groups in total. The molecule has 1 radical (unpaired) electrons. The Morgan fingerprint density at radius 3 is 3.27 bits per heavy atom. The van der Waals surface area contributed by atoms with Gasteiger partial charge in [0.2, 0.25) is 0 Å². The molecule has 0 bridgehead atoms. The van der Waals surface area contributed by atoms with E-state index in [1.807, 2.05) is 12.0 Å². The average Bonchev–Trinajstić information content (AvgIpc) is 2.06. The molecule has 11 heavy (non-hydrogen) atoms. The number of nitrogens with zero attached hydrogens (tertiary/aromatic N) is 1. The highest BCUT2D eigenvalue weighted by Gasteiger charge is 2.18. The molecule has 0 aliphatic carbocycles. The Morgan fingerprint density at radius 1 is 1.82 bits per heavy atom. The third-order valence-electron chi connectivity index (χ3n) is 1.94. The summed E-state index contributed by atoms with van der Waals surface area (Å²) in [7, 11) is 0. The second-order valence-electron chi connectivity index (χ2n) is 2.73. The lowest BCUT2D eigenvalue weighted by Gasteiger charge is -2.20. The van der Waals surface area contributed by atoms with Crippen molar-refractivity contribution in [2.75, 3.05) is 6.54 Å². The Balaban J connectivity index is 2.58. The Bertz CT molecular complexity index is 192. The summed E-state index contributed by atoms with van der Waals surface area (Å²) in [5.74, 6) is 2.18. The number of hydrogen-bond acceptors (Lipinski definition) is 1. The number of allylic oxidation sites excluding steroid dienone is 2. The predicted octanol–water partition coefficient (Wildman–Crippen LogP) is 1.29. The molecule has 0 aromatic rings. The molecule has 2 nitrogen and oxygen atoms in total. The Kier molecular flexibility index (Phi) is 2.94. The fourth-order valence-electron chi connectivity index (χ4n) is 1.35. The van der Waals surface area contributed by atoms with Gasteiger partial charge in [-0.15, -0.1) is 6.58 Å². The van der Waals surface area contributed by atoms with Crippen LogP contribution >= 0.6 is 0 Å². The first-order valence-electron chi connectivity index (χ1n) is 3.92. The SMILES string of the molecule is C=CCC1CCC[N]C1=C=O. The van der Waals surface area contributed by atoms with Crippen molar-refractivity contribution < 1.29 is 4.79 Å². The summed E-state index contributed by atoms with van der Waals surface area (Å²) in [4.78, 5) is 10.4. The number of hydrogen-bond donors (Lipinski definition) is 0. The van der Waals surface area contributed by atoms with E-state index in [1.54, 1.807) is 0 Å². The molecule has 0 amide bonds. The molecule has 0 spiro atoms. The molecular weight excluding hydrogens is 138 g/mol. The van der Waals surface area contributed by atoms with Crippen LogP contribution < -0.4 is 5.32 Å². The summed E-state index contributed by atoms with van der Waals surface area (Å²) in [5, 5.41) is 4.09. The minimum absolute atomic E-state index is 0.291. The molecule has 0 aromatic carbocycles. The van der Waals surface area contributed by atoms with Crippen molar-refractivity contribution >= 4 is 5.94 Å². The van der Waals surface area contributed by atoms with E-state index in [0.717, 1.165) is 25.8 Å². The van der Waals surface area contributed by atoms with E-state index in [-0.39, 0.29) is 0 Å². The lowest BCUT2D eigenvalue weighted by atomic mass is 9.93. The predicted molar refractivity (Wildman–Crippen MR) is 43.7 cm³/mol. The molecule has 1 fully saturated rings. The van der Waals surface area contributed by atoms with E-state index in [9.17, 15) is 4.79 Å². The summed E-state index contributed by atoms with van der Waals surface area (Å²) >= 11 is 0. The Morgan fingerprint density at radius 2 is 2.64 bits per heavy atom. The van der Waals surface area contributed by atoms with Crippen LogP contribution in [0.4, 0.5) is 0 Å². The van der Waals surface area contributed by atoms with Gasteiger partial charge in [-0.25, -0.2) is 4.79 Å². The van der Waals surface area contributed by atoms with Gasteiger partial charge >= 0.3 is 0 Å². The minimum Gasteiger partial charge on any atom is -0.278 e. The fraction of sp³-hybridized carbons (Fsp3) is 0.556. The highest BCUT2D eigenvalue weighted by molar-refractivity contribution is 5.52. The van der Waals surface area contributed by atoms with Gasteiger partial charge in [0.25, 0.3) is 0 Å². The highest BCUT2D eigenvalue weighted by Crippen LogP contribution is 2.22. The van der Waals surface area contributed by atoms with Crippen molar-refractivity contribution in [1.29, 1.82) is 0 Å². The van der Waals surface area contributed by atoms with Gasteiger partial charge in [-0.05, 0) is 19.3 Å². The Hall–Kier alpha value is -1.01. The van der Waals surface area contributed by atoms with Crippen LogP contribution in [0.15, 0.2) is 18.4 Å². The Labute approximate surface area is 67.0 Å². The molecule has 1 heterocycles. The van der Waals surface area contributed by atoms with Crippen molar-refractivity contribution in [2.24, 2.45) is 5.92 Å². The van der Waals surface area contributed by atoms with Crippen LogP contribution in [0.25, 0.3) is 0 Å². The first kappa shape index (κ1) is 8.09. The largest absolute Gasteiger partial charge is 0.278 e. The van der Waals surface area contributed by atoms with Crippen LogP contribution in [0.3, 0.4) is 0 Å². The zero-order valence-electron chi connectivity index (χ0n) is 6.55. The maximum atomic E-state index is 10.4. The van der Waals surface area contributed by atoms with Gasteiger partial charge in [0.15, 0.2) is 0 Å². The standard InChI is InChI=1S/C9H12NO/c1-2-4-8-5-3-6-10-9(8)7-11/h2,8H,1,3-6H2. The topological polar surface area (TPSA) is 31.2 Å². The van der Waals surface area contributed by atoms with Gasteiger partial charge in [0, 0.05) is 12.5 Å². The van der Waals surface area contributed by atoms with E-state index < -0.39 is 0 Å². The second kappa shape index (κ2) is 3.99. The van der Waals surface area contributed by atoms with E-state index >= 15 is 0 Å². The molecule has 1 aliphatic rings. The van der Waals surface area contributed by atoms with Crippen molar-refractivity contribution in [3.8, 4) is 0 Å². The summed E-state index contributed by atoms with van der Waals surface area (Å²) in [5.41, 5.74) is 0.608. The molecular formula is C9H12NO. The summed E-state index contributed by atoms with van der Waals surface area (Å²) in [6.07, 6.45) is 4.83. The van der Waals surface area contributed by atoms with Gasteiger partial charge in [-0.3, -0.25) is 5.32 Å². The summed E-state index contributed by atoms with van der Waals surface area (Å²) < 4.78 is 0. The number of rotatable bonds is 2. The van der Waals surface area contributed by atoms with Gasteiger partial charge in [0.1, 0.15) is 11.6 Å². The number of piperidine rings is 1. The maximum Gasteiger partial charge on any atom is 0.147 e. The van der Waals surface area contributed by atoms with Gasteiger partial charge in [-0.1, -0.05) is 6.08 Å². The molecule has 1 rings (SSSR count). The smallest absolute Gasteiger partial charge is 0.147 e. The quantitative estimate of drug-likeness (QED) is 0.431. The molecule has 1 atom stereocenters. The first-order chi connectivity index (χ1) is 5.38. The van der Waals surface area contributed by atoms with E-state index in [4.69, 9.17) is 0 Å². The molecule has 0 aromatic heterocycles. The average molecular weight is 150 g/mol. The van der Waals surface area contributed by atoms with Gasteiger partial charge in [-0.2, -0.15) is 0 Å². The molecule has 0 saturated carbocycles. The van der Waals surface area contributed by atoms with Gasteiger partial charge < -0.3 is 0 Å². The van der Waals surface area contributed by atoms with Crippen LogP contribution in [0.1, 0.15) is 19.3 Å². The maximum absolute atomic E-state index is 10.4. The third-order valence-corrected chi connectivity index (χ3v) is 1.94. The van der Waals surface area contributed by atoms with E-state index in [1.165, 1.54) is 0 Å². The van der Waals surface area contributed by atoms with Crippen molar-refractivity contribution in [3.05, 3.63) is 18.4 Å². The monoisotopic (exact) mass is 150 g/mol. The van der Waals surface area contributed by atoms with Crippen LogP contribution in [0.5, 0.6) is 0 Å². The lowest BCUT2D eigenvalue weighted by Crippen LogP contribution is -2.22.